The van der Waals surface area contributed by atoms with Crippen molar-refractivity contribution in [2.75, 3.05) is 18.4 Å². The zero-order valence-electron chi connectivity index (χ0n) is 11.6. The molecule has 1 amide bonds. The van der Waals surface area contributed by atoms with Crippen LogP contribution in [0.5, 0.6) is 0 Å². The summed E-state index contributed by atoms with van der Waals surface area (Å²) in [5, 5.41) is 3.52. The molecule has 20 heavy (non-hydrogen) atoms. The highest BCUT2D eigenvalue weighted by Crippen LogP contribution is 2.26. The minimum absolute atomic E-state index is 0.000678. The van der Waals surface area contributed by atoms with Crippen molar-refractivity contribution in [3.8, 4) is 0 Å². The van der Waals surface area contributed by atoms with Gasteiger partial charge in [-0.1, -0.05) is 6.58 Å². The third-order valence-electron chi connectivity index (χ3n) is 4.22. The molecule has 2 aliphatic rings. The molecule has 5 nitrogen and oxygen atoms in total. The largest absolute Gasteiger partial charge is 0.367 e. The molecule has 106 valence electrons. The Morgan fingerprint density at radius 3 is 2.85 bits per heavy atom. The van der Waals surface area contributed by atoms with Crippen molar-refractivity contribution in [1.82, 2.24) is 14.9 Å². The second-order valence-electron chi connectivity index (χ2n) is 5.45. The highest BCUT2D eigenvalue weighted by Gasteiger charge is 2.23. The van der Waals surface area contributed by atoms with Crippen molar-refractivity contribution in [1.29, 1.82) is 0 Å². The minimum atomic E-state index is -0.000678. The van der Waals surface area contributed by atoms with E-state index in [0.717, 1.165) is 24.4 Å². The molecule has 0 atom stereocenters. The van der Waals surface area contributed by atoms with Crippen molar-refractivity contribution < 1.29 is 4.79 Å². The highest BCUT2D eigenvalue weighted by molar-refractivity contribution is 5.87. The minimum Gasteiger partial charge on any atom is -0.367 e. The van der Waals surface area contributed by atoms with Gasteiger partial charge in [0.15, 0.2) is 0 Å². The van der Waals surface area contributed by atoms with Crippen LogP contribution in [-0.4, -0.2) is 39.9 Å². The molecule has 0 spiro atoms. The van der Waals surface area contributed by atoms with Crippen LogP contribution in [0.2, 0.25) is 0 Å². The van der Waals surface area contributed by atoms with Crippen LogP contribution >= 0.6 is 0 Å². The summed E-state index contributed by atoms with van der Waals surface area (Å²) < 4.78 is 0. The average molecular weight is 272 g/mol. The van der Waals surface area contributed by atoms with Crippen molar-refractivity contribution in [2.24, 2.45) is 0 Å². The number of carbonyl (C=O) groups is 1. The summed E-state index contributed by atoms with van der Waals surface area (Å²) in [5.41, 5.74) is 2.25. The van der Waals surface area contributed by atoms with Crippen LogP contribution < -0.4 is 5.32 Å². The van der Waals surface area contributed by atoms with Gasteiger partial charge in [-0.05, 0) is 31.8 Å². The fourth-order valence-electron chi connectivity index (χ4n) is 2.75. The number of anilines is 1. The Balaban J connectivity index is 1.78. The van der Waals surface area contributed by atoms with Gasteiger partial charge < -0.3 is 10.2 Å². The SMILES string of the molecule is C=CC(=O)N1CCc2ncnc(NC3CCC3)c2CC1. The molecule has 3 rings (SSSR count). The Labute approximate surface area is 119 Å². The first-order chi connectivity index (χ1) is 9.78. The van der Waals surface area contributed by atoms with E-state index in [9.17, 15) is 4.79 Å². The van der Waals surface area contributed by atoms with Crippen LogP contribution in [0.25, 0.3) is 0 Å². The fourth-order valence-corrected chi connectivity index (χ4v) is 2.75. The first-order valence-corrected chi connectivity index (χ1v) is 7.28. The summed E-state index contributed by atoms with van der Waals surface area (Å²) in [6.07, 6.45) is 8.36. The summed E-state index contributed by atoms with van der Waals surface area (Å²) >= 11 is 0. The molecule has 1 N–H and O–H groups in total. The topological polar surface area (TPSA) is 58.1 Å². The van der Waals surface area contributed by atoms with Gasteiger partial charge in [-0.3, -0.25) is 4.79 Å². The third-order valence-corrected chi connectivity index (χ3v) is 4.22. The molecule has 2 heterocycles. The maximum absolute atomic E-state index is 11.7. The number of hydrogen-bond donors (Lipinski definition) is 1. The van der Waals surface area contributed by atoms with Crippen LogP contribution in [-0.2, 0) is 17.6 Å². The third kappa shape index (κ3) is 2.53. The van der Waals surface area contributed by atoms with Gasteiger partial charge in [-0.2, -0.15) is 0 Å². The Morgan fingerprint density at radius 2 is 2.15 bits per heavy atom. The summed E-state index contributed by atoms with van der Waals surface area (Å²) in [5.74, 6) is 0.965. The molecule has 1 fully saturated rings. The number of amides is 1. The molecule has 1 aromatic heterocycles. The molecule has 5 heteroatoms. The van der Waals surface area contributed by atoms with E-state index < -0.39 is 0 Å². The molecule has 0 aromatic carbocycles. The van der Waals surface area contributed by atoms with Crippen molar-refractivity contribution >= 4 is 11.7 Å². The predicted molar refractivity (Wildman–Crippen MR) is 77.5 cm³/mol. The summed E-state index contributed by atoms with van der Waals surface area (Å²) in [7, 11) is 0. The van der Waals surface area contributed by atoms with E-state index in [1.165, 1.54) is 30.9 Å². The Kier molecular flexibility index (Phi) is 3.67. The number of hydrogen-bond acceptors (Lipinski definition) is 4. The highest BCUT2D eigenvalue weighted by atomic mass is 16.2. The van der Waals surface area contributed by atoms with Gasteiger partial charge in [-0.25, -0.2) is 9.97 Å². The lowest BCUT2D eigenvalue weighted by atomic mass is 9.93. The maximum Gasteiger partial charge on any atom is 0.245 e. The Bertz CT molecular complexity index is 525. The number of carbonyl (C=O) groups excluding carboxylic acids is 1. The Hall–Kier alpha value is -1.91. The second kappa shape index (κ2) is 5.61. The quantitative estimate of drug-likeness (QED) is 0.848. The zero-order valence-corrected chi connectivity index (χ0v) is 11.6. The first kappa shape index (κ1) is 13.1. The van der Waals surface area contributed by atoms with E-state index in [1.54, 1.807) is 6.33 Å². The molecule has 1 saturated carbocycles. The van der Waals surface area contributed by atoms with E-state index >= 15 is 0 Å². The lowest BCUT2D eigenvalue weighted by Crippen LogP contribution is -2.31. The van der Waals surface area contributed by atoms with Gasteiger partial charge in [0.05, 0.1) is 5.69 Å². The molecule has 1 aliphatic heterocycles. The molecule has 1 aromatic rings. The standard InChI is InChI=1S/C15H20N4O/c1-2-14(20)19-8-6-12-13(7-9-19)16-10-17-15(12)18-11-4-3-5-11/h2,10-11H,1,3-9H2,(H,16,17,18). The van der Waals surface area contributed by atoms with E-state index in [-0.39, 0.29) is 5.91 Å². The van der Waals surface area contributed by atoms with Crippen LogP contribution in [0.15, 0.2) is 19.0 Å². The summed E-state index contributed by atoms with van der Waals surface area (Å²) in [6.45, 7) is 4.98. The zero-order chi connectivity index (χ0) is 13.9. The monoisotopic (exact) mass is 272 g/mol. The summed E-state index contributed by atoms with van der Waals surface area (Å²) in [6, 6.07) is 0.558. The first-order valence-electron chi connectivity index (χ1n) is 7.28. The lowest BCUT2D eigenvalue weighted by Gasteiger charge is -2.28. The van der Waals surface area contributed by atoms with Crippen molar-refractivity contribution in [2.45, 2.75) is 38.1 Å². The molecular formula is C15H20N4O. The molecule has 0 unspecified atom stereocenters. The Morgan fingerprint density at radius 1 is 1.35 bits per heavy atom. The molecular weight excluding hydrogens is 252 g/mol. The van der Waals surface area contributed by atoms with E-state index in [1.807, 2.05) is 4.90 Å². The van der Waals surface area contributed by atoms with Gasteiger partial charge in [0, 0.05) is 31.1 Å². The second-order valence-corrected chi connectivity index (χ2v) is 5.45. The van der Waals surface area contributed by atoms with Gasteiger partial charge in [0.1, 0.15) is 12.1 Å². The fraction of sp³-hybridized carbons (Fsp3) is 0.533. The van der Waals surface area contributed by atoms with Gasteiger partial charge >= 0.3 is 0 Å². The van der Waals surface area contributed by atoms with Gasteiger partial charge in [-0.15, -0.1) is 0 Å². The summed E-state index contributed by atoms with van der Waals surface area (Å²) in [4.78, 5) is 22.4. The number of rotatable bonds is 3. The smallest absolute Gasteiger partial charge is 0.245 e. The van der Waals surface area contributed by atoms with E-state index in [0.29, 0.717) is 19.1 Å². The predicted octanol–water partition coefficient (Wildman–Crippen LogP) is 1.55. The van der Waals surface area contributed by atoms with Crippen LogP contribution in [0, 0.1) is 0 Å². The molecule has 0 bridgehead atoms. The van der Waals surface area contributed by atoms with Crippen molar-refractivity contribution in [3.05, 3.63) is 30.2 Å². The molecule has 0 saturated heterocycles. The maximum atomic E-state index is 11.7. The number of aromatic nitrogens is 2. The van der Waals surface area contributed by atoms with E-state index in [4.69, 9.17) is 0 Å². The van der Waals surface area contributed by atoms with Crippen LogP contribution in [0.1, 0.15) is 30.5 Å². The number of fused-ring (bicyclic) bond motifs is 1. The lowest BCUT2D eigenvalue weighted by molar-refractivity contribution is -0.125. The average Bonchev–Trinajstić information content (AvgIpc) is 2.65. The normalized spacial score (nSPS) is 18.7. The number of nitrogens with zero attached hydrogens (tertiary/aromatic N) is 3. The molecule has 0 radical (unpaired) electrons. The van der Waals surface area contributed by atoms with Gasteiger partial charge in [0.25, 0.3) is 0 Å². The molecule has 1 aliphatic carbocycles. The van der Waals surface area contributed by atoms with Gasteiger partial charge in [0.2, 0.25) is 5.91 Å². The van der Waals surface area contributed by atoms with E-state index in [2.05, 4.69) is 21.9 Å². The van der Waals surface area contributed by atoms with Crippen LogP contribution in [0.3, 0.4) is 0 Å². The van der Waals surface area contributed by atoms with Crippen LogP contribution in [0.4, 0.5) is 5.82 Å². The van der Waals surface area contributed by atoms with Crippen molar-refractivity contribution in [3.63, 3.8) is 0 Å². The number of nitrogens with one attached hydrogen (secondary N) is 1.